The first kappa shape index (κ1) is 13.1. The van der Waals surface area contributed by atoms with Crippen molar-refractivity contribution in [3.63, 3.8) is 0 Å². The molecule has 0 saturated heterocycles. The highest BCUT2D eigenvalue weighted by molar-refractivity contribution is 5.39. The van der Waals surface area contributed by atoms with Crippen LogP contribution in [-0.2, 0) is 0 Å². The Morgan fingerprint density at radius 1 is 1.11 bits per heavy atom. The van der Waals surface area contributed by atoms with Gasteiger partial charge in [0.05, 0.1) is 11.6 Å². The van der Waals surface area contributed by atoms with Crippen LogP contribution < -0.4 is 4.74 Å². The van der Waals surface area contributed by atoms with Crippen LogP contribution in [0.2, 0.25) is 0 Å². The highest BCUT2D eigenvalue weighted by atomic mass is 19.1. The summed E-state index contributed by atoms with van der Waals surface area (Å²) in [6.45, 7) is 4.21. The molecule has 2 aromatic rings. The molecule has 19 heavy (non-hydrogen) atoms. The lowest BCUT2D eigenvalue weighted by molar-refractivity contribution is 0.442. The fourth-order valence-corrected chi connectivity index (χ4v) is 1.70. The topological polar surface area (TPSA) is 33.0 Å². The molecule has 0 saturated carbocycles. The molecule has 2 rings (SSSR count). The van der Waals surface area contributed by atoms with Crippen molar-refractivity contribution in [2.45, 2.75) is 19.8 Å². The number of benzene rings is 2. The Bertz CT molecular complexity index is 612. The molecular formula is C16H14FNO. The molecular weight excluding hydrogens is 241 g/mol. The van der Waals surface area contributed by atoms with Crippen LogP contribution in [0.15, 0.2) is 42.5 Å². The van der Waals surface area contributed by atoms with Gasteiger partial charge in [-0.3, -0.25) is 0 Å². The summed E-state index contributed by atoms with van der Waals surface area (Å²) in [6.07, 6.45) is 0. The smallest absolute Gasteiger partial charge is 0.167 e. The molecule has 0 aliphatic carbocycles. The van der Waals surface area contributed by atoms with Crippen molar-refractivity contribution in [3.05, 3.63) is 59.4 Å². The third-order valence-electron chi connectivity index (χ3n) is 2.84. The first-order chi connectivity index (χ1) is 9.10. The quantitative estimate of drug-likeness (QED) is 0.802. The molecule has 0 spiro atoms. The third-order valence-corrected chi connectivity index (χ3v) is 2.84. The van der Waals surface area contributed by atoms with Crippen molar-refractivity contribution in [2.24, 2.45) is 0 Å². The van der Waals surface area contributed by atoms with Crippen LogP contribution in [0.4, 0.5) is 4.39 Å². The second kappa shape index (κ2) is 5.53. The van der Waals surface area contributed by atoms with E-state index in [0.29, 0.717) is 11.7 Å². The lowest BCUT2D eigenvalue weighted by Crippen LogP contribution is -1.91. The summed E-state index contributed by atoms with van der Waals surface area (Å²) in [5.41, 5.74) is 1.48. The van der Waals surface area contributed by atoms with E-state index in [1.807, 2.05) is 30.3 Å². The molecule has 0 aliphatic heterocycles. The second-order valence-corrected chi connectivity index (χ2v) is 4.58. The van der Waals surface area contributed by atoms with Crippen molar-refractivity contribution in [1.29, 1.82) is 5.26 Å². The monoisotopic (exact) mass is 255 g/mol. The SMILES string of the molecule is CC(C)c1ccc(Oc2ccc(C#N)cc2F)cc1. The Hall–Kier alpha value is -2.34. The van der Waals surface area contributed by atoms with E-state index in [-0.39, 0.29) is 11.3 Å². The Morgan fingerprint density at radius 2 is 1.79 bits per heavy atom. The molecule has 0 aromatic heterocycles. The molecule has 2 nitrogen and oxygen atoms in total. The lowest BCUT2D eigenvalue weighted by atomic mass is 10.0. The number of hydrogen-bond acceptors (Lipinski definition) is 2. The predicted molar refractivity (Wildman–Crippen MR) is 71.7 cm³/mol. The van der Waals surface area contributed by atoms with E-state index in [1.165, 1.54) is 17.7 Å². The summed E-state index contributed by atoms with van der Waals surface area (Å²) >= 11 is 0. The molecule has 0 unspecified atom stereocenters. The van der Waals surface area contributed by atoms with Gasteiger partial charge in [0, 0.05) is 0 Å². The fraction of sp³-hybridized carbons (Fsp3) is 0.188. The molecule has 0 N–H and O–H groups in total. The van der Waals surface area contributed by atoms with Crippen LogP contribution >= 0.6 is 0 Å². The minimum absolute atomic E-state index is 0.122. The van der Waals surface area contributed by atoms with E-state index in [2.05, 4.69) is 13.8 Å². The number of rotatable bonds is 3. The van der Waals surface area contributed by atoms with E-state index in [9.17, 15) is 4.39 Å². The zero-order valence-corrected chi connectivity index (χ0v) is 10.9. The van der Waals surface area contributed by atoms with Crippen molar-refractivity contribution < 1.29 is 9.13 Å². The molecule has 0 fully saturated rings. The molecule has 0 amide bonds. The number of nitriles is 1. The zero-order chi connectivity index (χ0) is 13.8. The zero-order valence-electron chi connectivity index (χ0n) is 10.9. The Labute approximate surface area is 112 Å². The molecule has 0 atom stereocenters. The number of nitrogens with zero attached hydrogens (tertiary/aromatic N) is 1. The summed E-state index contributed by atoms with van der Waals surface area (Å²) in [6, 6.07) is 13.6. The van der Waals surface area contributed by atoms with Gasteiger partial charge in [-0.25, -0.2) is 4.39 Å². The first-order valence-electron chi connectivity index (χ1n) is 6.07. The maximum atomic E-state index is 13.7. The van der Waals surface area contributed by atoms with Gasteiger partial charge in [-0.2, -0.15) is 5.26 Å². The van der Waals surface area contributed by atoms with E-state index in [4.69, 9.17) is 10.00 Å². The lowest BCUT2D eigenvalue weighted by Gasteiger charge is -2.09. The maximum absolute atomic E-state index is 13.7. The van der Waals surface area contributed by atoms with E-state index in [0.717, 1.165) is 6.07 Å². The summed E-state index contributed by atoms with van der Waals surface area (Å²) < 4.78 is 19.1. The summed E-state index contributed by atoms with van der Waals surface area (Å²) in [5.74, 6) is 0.608. The first-order valence-corrected chi connectivity index (χ1v) is 6.07. The van der Waals surface area contributed by atoms with Gasteiger partial charge < -0.3 is 4.74 Å². The van der Waals surface area contributed by atoms with E-state index in [1.54, 1.807) is 0 Å². The molecule has 0 radical (unpaired) electrons. The molecule has 0 heterocycles. The van der Waals surface area contributed by atoms with Crippen molar-refractivity contribution >= 4 is 0 Å². The number of halogens is 1. The standard InChI is InChI=1S/C16H14FNO/c1-11(2)13-4-6-14(7-5-13)19-16-8-3-12(10-18)9-15(16)17/h3-9,11H,1-2H3. The van der Waals surface area contributed by atoms with Crippen LogP contribution in [0.1, 0.15) is 30.9 Å². The molecule has 2 aromatic carbocycles. The van der Waals surface area contributed by atoms with Gasteiger partial charge in [0.15, 0.2) is 11.6 Å². The van der Waals surface area contributed by atoms with Gasteiger partial charge in [-0.15, -0.1) is 0 Å². The van der Waals surface area contributed by atoms with Gasteiger partial charge in [-0.05, 0) is 41.8 Å². The average Bonchev–Trinajstić information content (AvgIpc) is 2.41. The summed E-state index contributed by atoms with van der Waals surface area (Å²) in [4.78, 5) is 0. The van der Waals surface area contributed by atoms with Crippen LogP contribution in [0.25, 0.3) is 0 Å². The third kappa shape index (κ3) is 3.11. The number of hydrogen-bond donors (Lipinski definition) is 0. The van der Waals surface area contributed by atoms with Gasteiger partial charge in [0.25, 0.3) is 0 Å². The van der Waals surface area contributed by atoms with Crippen LogP contribution in [0.5, 0.6) is 11.5 Å². The van der Waals surface area contributed by atoms with Crippen LogP contribution in [0.3, 0.4) is 0 Å². The molecule has 3 heteroatoms. The molecule has 0 aliphatic rings. The van der Waals surface area contributed by atoms with E-state index >= 15 is 0 Å². The van der Waals surface area contributed by atoms with E-state index < -0.39 is 5.82 Å². The van der Waals surface area contributed by atoms with Gasteiger partial charge >= 0.3 is 0 Å². The molecule has 0 bridgehead atoms. The Kier molecular flexibility index (Phi) is 3.82. The van der Waals surface area contributed by atoms with Crippen molar-refractivity contribution in [3.8, 4) is 17.6 Å². The Balaban J connectivity index is 2.19. The number of ether oxygens (including phenoxy) is 1. The van der Waals surface area contributed by atoms with Gasteiger partial charge in [0.1, 0.15) is 5.75 Å². The minimum atomic E-state index is -0.535. The minimum Gasteiger partial charge on any atom is -0.454 e. The predicted octanol–water partition coefficient (Wildman–Crippen LogP) is 4.61. The van der Waals surface area contributed by atoms with Gasteiger partial charge in [0.2, 0.25) is 0 Å². The van der Waals surface area contributed by atoms with Crippen molar-refractivity contribution in [1.82, 2.24) is 0 Å². The van der Waals surface area contributed by atoms with Crippen LogP contribution in [-0.4, -0.2) is 0 Å². The largest absolute Gasteiger partial charge is 0.454 e. The summed E-state index contributed by atoms with van der Waals surface area (Å²) in [7, 11) is 0. The fourth-order valence-electron chi connectivity index (χ4n) is 1.70. The van der Waals surface area contributed by atoms with Gasteiger partial charge in [-0.1, -0.05) is 26.0 Å². The summed E-state index contributed by atoms with van der Waals surface area (Å²) in [5, 5.41) is 8.67. The Morgan fingerprint density at radius 3 is 2.32 bits per heavy atom. The second-order valence-electron chi connectivity index (χ2n) is 4.58. The maximum Gasteiger partial charge on any atom is 0.167 e. The van der Waals surface area contributed by atoms with Crippen molar-refractivity contribution in [2.75, 3.05) is 0 Å². The van der Waals surface area contributed by atoms with Crippen LogP contribution in [0, 0.1) is 17.1 Å². The highest BCUT2D eigenvalue weighted by Crippen LogP contribution is 2.26. The molecule has 96 valence electrons. The highest BCUT2D eigenvalue weighted by Gasteiger charge is 2.06. The normalized spacial score (nSPS) is 10.3. The average molecular weight is 255 g/mol.